The Morgan fingerprint density at radius 2 is 2.09 bits per heavy atom. The van der Waals surface area contributed by atoms with E-state index < -0.39 is 0 Å². The van der Waals surface area contributed by atoms with Crippen molar-refractivity contribution >= 4 is 39.2 Å². The van der Waals surface area contributed by atoms with E-state index >= 15 is 0 Å². The number of thioether (sulfide) groups is 1. The van der Waals surface area contributed by atoms with Gasteiger partial charge in [-0.1, -0.05) is 11.3 Å². The van der Waals surface area contributed by atoms with Crippen LogP contribution < -0.4 is 4.80 Å². The zero-order chi connectivity index (χ0) is 15.9. The lowest BCUT2D eigenvalue weighted by molar-refractivity contribution is 0.0992. The van der Waals surface area contributed by atoms with Gasteiger partial charge in [-0.2, -0.15) is 10.1 Å². The fraction of sp³-hybridized carbons (Fsp3) is 0.267. The minimum absolute atomic E-state index is 0.309. The van der Waals surface area contributed by atoms with Gasteiger partial charge in [0.2, 0.25) is 0 Å². The van der Waals surface area contributed by atoms with Crippen molar-refractivity contribution in [2.45, 2.75) is 11.8 Å². The highest BCUT2D eigenvalue weighted by Gasteiger charge is 2.11. The highest BCUT2D eigenvalue weighted by atomic mass is 32.2. The van der Waals surface area contributed by atoms with E-state index in [0.717, 1.165) is 15.9 Å². The fourth-order valence-corrected chi connectivity index (χ4v) is 3.73. The average molecular weight is 332 g/mol. The van der Waals surface area contributed by atoms with Crippen molar-refractivity contribution in [1.29, 1.82) is 0 Å². The van der Waals surface area contributed by atoms with Gasteiger partial charge in [0.05, 0.1) is 10.2 Å². The minimum Gasteiger partial charge on any atom is -0.319 e. The van der Waals surface area contributed by atoms with Gasteiger partial charge in [-0.3, -0.25) is 9.48 Å². The SMILES string of the molecule is CSc1ccc2c(c1)sc(=NC(=O)c1cc(C)n(C)n1)n2C. The van der Waals surface area contributed by atoms with Crippen molar-refractivity contribution in [3.05, 3.63) is 40.5 Å². The summed E-state index contributed by atoms with van der Waals surface area (Å²) in [6, 6.07) is 8.02. The molecule has 1 aromatic carbocycles. The summed E-state index contributed by atoms with van der Waals surface area (Å²) in [5, 5.41) is 4.18. The van der Waals surface area contributed by atoms with Crippen LogP contribution in [0.4, 0.5) is 0 Å². The van der Waals surface area contributed by atoms with E-state index in [1.54, 1.807) is 22.5 Å². The zero-order valence-corrected chi connectivity index (χ0v) is 14.5. The van der Waals surface area contributed by atoms with Gasteiger partial charge in [-0.25, -0.2) is 0 Å². The molecular weight excluding hydrogens is 316 g/mol. The van der Waals surface area contributed by atoms with E-state index in [9.17, 15) is 4.79 Å². The summed E-state index contributed by atoms with van der Waals surface area (Å²) in [5.41, 5.74) is 2.39. The highest BCUT2D eigenvalue weighted by Crippen LogP contribution is 2.23. The molecule has 22 heavy (non-hydrogen) atoms. The molecule has 3 rings (SSSR count). The number of carbonyl (C=O) groups excluding carboxylic acids is 1. The first-order chi connectivity index (χ1) is 10.5. The fourth-order valence-electron chi connectivity index (χ4n) is 2.16. The summed E-state index contributed by atoms with van der Waals surface area (Å²) < 4.78 is 4.74. The van der Waals surface area contributed by atoms with Crippen LogP contribution in [0, 0.1) is 6.92 Å². The van der Waals surface area contributed by atoms with Crippen molar-refractivity contribution in [1.82, 2.24) is 14.3 Å². The molecule has 1 amide bonds. The van der Waals surface area contributed by atoms with Crippen LogP contribution in [0.1, 0.15) is 16.2 Å². The molecule has 0 fully saturated rings. The molecule has 0 unspecified atom stereocenters. The molecular formula is C15H16N4OS2. The van der Waals surface area contributed by atoms with Crippen LogP contribution in [-0.2, 0) is 14.1 Å². The molecule has 2 aromatic heterocycles. The first kappa shape index (κ1) is 15.1. The molecule has 0 N–H and O–H groups in total. The van der Waals surface area contributed by atoms with Crippen LogP contribution in [0.3, 0.4) is 0 Å². The Labute approximate surface area is 136 Å². The molecule has 7 heteroatoms. The lowest BCUT2D eigenvalue weighted by Crippen LogP contribution is -2.13. The van der Waals surface area contributed by atoms with Crippen LogP contribution in [0.15, 0.2) is 34.2 Å². The van der Waals surface area contributed by atoms with Crippen LogP contribution in [0.5, 0.6) is 0 Å². The van der Waals surface area contributed by atoms with Crippen molar-refractivity contribution < 1.29 is 4.79 Å². The quantitative estimate of drug-likeness (QED) is 0.678. The first-order valence-electron chi connectivity index (χ1n) is 6.73. The van der Waals surface area contributed by atoms with Gasteiger partial charge >= 0.3 is 0 Å². The van der Waals surface area contributed by atoms with E-state index in [2.05, 4.69) is 28.3 Å². The zero-order valence-electron chi connectivity index (χ0n) is 12.8. The van der Waals surface area contributed by atoms with Crippen LogP contribution in [0.25, 0.3) is 10.2 Å². The van der Waals surface area contributed by atoms with Crippen molar-refractivity contribution in [2.75, 3.05) is 6.26 Å². The summed E-state index contributed by atoms with van der Waals surface area (Å²) in [4.78, 5) is 18.4. The number of benzene rings is 1. The monoisotopic (exact) mass is 332 g/mol. The van der Waals surface area contributed by atoms with E-state index in [1.165, 1.54) is 16.2 Å². The molecule has 0 spiro atoms. The van der Waals surface area contributed by atoms with Crippen molar-refractivity contribution in [2.24, 2.45) is 19.1 Å². The molecule has 0 aliphatic carbocycles. The highest BCUT2D eigenvalue weighted by molar-refractivity contribution is 7.98. The number of aromatic nitrogens is 3. The third kappa shape index (κ3) is 2.62. The van der Waals surface area contributed by atoms with Gasteiger partial charge < -0.3 is 4.57 Å². The molecule has 2 heterocycles. The second-order valence-corrected chi connectivity index (χ2v) is 6.88. The second-order valence-electron chi connectivity index (χ2n) is 4.99. The number of amides is 1. The third-order valence-electron chi connectivity index (χ3n) is 3.55. The van der Waals surface area contributed by atoms with Gasteiger partial charge in [0, 0.05) is 24.7 Å². The Morgan fingerprint density at radius 1 is 1.32 bits per heavy atom. The number of thiazole rings is 1. The lowest BCUT2D eigenvalue weighted by atomic mass is 10.3. The molecule has 0 atom stereocenters. The molecule has 0 aliphatic rings. The Morgan fingerprint density at radius 3 is 2.73 bits per heavy atom. The van der Waals surface area contributed by atoms with Crippen LogP contribution in [0.2, 0.25) is 0 Å². The Balaban J connectivity index is 2.08. The van der Waals surface area contributed by atoms with Gasteiger partial charge in [0.15, 0.2) is 10.5 Å². The normalized spacial score (nSPS) is 12.3. The van der Waals surface area contributed by atoms with Gasteiger partial charge in [-0.15, -0.1) is 11.8 Å². The maximum absolute atomic E-state index is 12.3. The smallest absolute Gasteiger partial charge is 0.300 e. The van der Waals surface area contributed by atoms with Gasteiger partial charge in [-0.05, 0) is 37.4 Å². The van der Waals surface area contributed by atoms with Crippen molar-refractivity contribution in [3.8, 4) is 0 Å². The summed E-state index contributed by atoms with van der Waals surface area (Å²) in [6.45, 7) is 1.91. The van der Waals surface area contributed by atoms with E-state index in [0.29, 0.717) is 10.5 Å². The minimum atomic E-state index is -0.309. The van der Waals surface area contributed by atoms with Crippen LogP contribution >= 0.6 is 23.1 Å². The predicted molar refractivity (Wildman–Crippen MR) is 90.4 cm³/mol. The largest absolute Gasteiger partial charge is 0.319 e. The summed E-state index contributed by atoms with van der Waals surface area (Å²) in [6.07, 6.45) is 2.05. The van der Waals surface area contributed by atoms with E-state index in [-0.39, 0.29) is 5.91 Å². The Hall–Kier alpha value is -1.86. The number of nitrogens with zero attached hydrogens (tertiary/aromatic N) is 4. The van der Waals surface area contributed by atoms with Crippen molar-refractivity contribution in [3.63, 3.8) is 0 Å². The lowest BCUT2D eigenvalue weighted by Gasteiger charge is -1.97. The third-order valence-corrected chi connectivity index (χ3v) is 5.37. The molecule has 0 radical (unpaired) electrons. The van der Waals surface area contributed by atoms with Gasteiger partial charge in [0.25, 0.3) is 5.91 Å². The predicted octanol–water partition coefficient (Wildman–Crippen LogP) is 2.74. The molecule has 0 aliphatic heterocycles. The van der Waals surface area contributed by atoms with Gasteiger partial charge in [0.1, 0.15) is 0 Å². The average Bonchev–Trinajstić information content (AvgIpc) is 3.00. The summed E-state index contributed by atoms with van der Waals surface area (Å²) in [5.74, 6) is -0.309. The molecule has 5 nitrogen and oxygen atoms in total. The molecule has 0 bridgehead atoms. The number of hydrogen-bond acceptors (Lipinski definition) is 4. The molecule has 114 valence electrons. The Kier molecular flexibility index (Phi) is 3.92. The Bertz CT molecular complexity index is 913. The standard InChI is InChI=1S/C15H16N4OS2/c1-9-7-11(17-19(9)3)14(20)16-15-18(2)12-6-5-10(21-4)8-13(12)22-15/h5-8H,1-4H3. The maximum atomic E-state index is 12.3. The topological polar surface area (TPSA) is 52.2 Å². The summed E-state index contributed by atoms with van der Waals surface area (Å²) >= 11 is 3.22. The molecule has 0 saturated carbocycles. The summed E-state index contributed by atoms with van der Waals surface area (Å²) in [7, 11) is 3.74. The van der Waals surface area contributed by atoms with E-state index in [4.69, 9.17) is 0 Å². The number of hydrogen-bond donors (Lipinski definition) is 0. The number of fused-ring (bicyclic) bond motifs is 1. The van der Waals surface area contributed by atoms with Crippen LogP contribution in [-0.4, -0.2) is 26.5 Å². The molecule has 0 saturated heterocycles. The number of rotatable bonds is 2. The number of aryl methyl sites for hydroxylation is 3. The first-order valence-corrected chi connectivity index (χ1v) is 8.77. The molecule has 3 aromatic rings. The number of carbonyl (C=O) groups is 1. The second kappa shape index (κ2) is 5.73. The maximum Gasteiger partial charge on any atom is 0.300 e. The van der Waals surface area contributed by atoms with E-state index in [1.807, 2.05) is 31.8 Å².